The van der Waals surface area contributed by atoms with Gasteiger partial charge >= 0.3 is 5.97 Å². The number of amides is 1. The molecular formula is C42H51N15O6. The van der Waals surface area contributed by atoms with E-state index in [-0.39, 0.29) is 58.2 Å². The molecule has 0 radical (unpaired) electrons. The van der Waals surface area contributed by atoms with Gasteiger partial charge in [0.25, 0.3) is 5.91 Å². The van der Waals surface area contributed by atoms with E-state index in [2.05, 4.69) is 44.9 Å². The molecule has 0 saturated heterocycles. The molecule has 6 heterocycles. The summed E-state index contributed by atoms with van der Waals surface area (Å²) >= 11 is 0. The van der Waals surface area contributed by atoms with Crippen molar-refractivity contribution in [3.8, 4) is 34.5 Å². The lowest BCUT2D eigenvalue weighted by molar-refractivity contribution is 0.0689. The van der Waals surface area contributed by atoms with Gasteiger partial charge in [0.05, 0.1) is 18.6 Å². The summed E-state index contributed by atoms with van der Waals surface area (Å²) < 4.78 is 17.2. The van der Waals surface area contributed by atoms with Crippen molar-refractivity contribution in [3.05, 3.63) is 107 Å². The van der Waals surface area contributed by atoms with Crippen LogP contribution in [0.5, 0.6) is 34.5 Å². The third-order valence-electron chi connectivity index (χ3n) is 8.67. The molecule has 0 unspecified atom stereocenters. The van der Waals surface area contributed by atoms with Crippen LogP contribution in [0.3, 0.4) is 0 Å². The zero-order valence-electron chi connectivity index (χ0n) is 36.3. The van der Waals surface area contributed by atoms with E-state index in [1.54, 1.807) is 39.2 Å². The Morgan fingerprint density at radius 2 is 0.810 bits per heavy atom. The van der Waals surface area contributed by atoms with E-state index in [4.69, 9.17) is 53.4 Å². The maximum absolute atomic E-state index is 11.3. The summed E-state index contributed by atoms with van der Waals surface area (Å²) in [6, 6.07) is 4.49. The molecule has 0 spiro atoms. The van der Waals surface area contributed by atoms with Gasteiger partial charge in [-0.05, 0) is 38.5 Å². The molecule has 0 aromatic carbocycles. The van der Waals surface area contributed by atoms with Crippen LogP contribution in [0, 0.1) is 26.2 Å². The van der Waals surface area contributed by atoms with E-state index < -0.39 is 11.9 Å². The zero-order valence-corrected chi connectivity index (χ0v) is 36.3. The standard InChI is InChI=1S/C14H18N6O.C14H17N5O2.C14H16N4O3/c1-7(2)9-5-19-10(13(15)16)4-11(9)21-12-6-18-8(3)20-14(12)17;1-7(2)9-5-18-10(14(16)20)4-11(9)21-12-6-17-8(3)19-13(12)15;1-7(2)9-5-17-10(14(19)20)4-11(9)21-12-6-16-8(3)18-13(12)15/h4-7H,1-3H3,(H3,15,16)(H2,17,18,20);4-7H,1-3H3,(H2,16,20)(H2,15,17,19);4-7H,1-3H3,(H,19,20)(H2,15,16,18). The first-order valence-corrected chi connectivity index (χ1v) is 19.3. The average molecular weight is 862 g/mol. The Morgan fingerprint density at radius 1 is 0.508 bits per heavy atom. The van der Waals surface area contributed by atoms with Gasteiger partial charge in [0.1, 0.15) is 51.9 Å². The number of rotatable bonds is 12. The fourth-order valence-corrected chi connectivity index (χ4v) is 5.33. The molecule has 63 heavy (non-hydrogen) atoms. The summed E-state index contributed by atoms with van der Waals surface area (Å²) in [5.74, 6) is 3.32. The van der Waals surface area contributed by atoms with Crippen molar-refractivity contribution in [1.29, 1.82) is 5.41 Å². The highest BCUT2D eigenvalue weighted by Crippen LogP contribution is 2.35. The smallest absolute Gasteiger partial charge is 0.354 e. The van der Waals surface area contributed by atoms with Crippen LogP contribution < -0.4 is 42.9 Å². The highest BCUT2D eigenvalue weighted by Gasteiger charge is 2.18. The van der Waals surface area contributed by atoms with Crippen molar-refractivity contribution in [3.63, 3.8) is 0 Å². The second kappa shape index (κ2) is 20.9. The van der Waals surface area contributed by atoms with Crippen molar-refractivity contribution in [1.82, 2.24) is 44.9 Å². The van der Waals surface area contributed by atoms with Crippen LogP contribution in [0.4, 0.5) is 17.5 Å². The number of nitrogens with one attached hydrogen (secondary N) is 1. The summed E-state index contributed by atoms with van der Waals surface area (Å²) in [7, 11) is 0. The monoisotopic (exact) mass is 861 g/mol. The van der Waals surface area contributed by atoms with E-state index in [1.807, 2.05) is 41.5 Å². The molecule has 0 saturated carbocycles. The molecule has 21 heteroatoms. The summed E-state index contributed by atoms with van der Waals surface area (Å²) in [6.45, 7) is 17.1. The first kappa shape index (κ1) is 47.6. The van der Waals surface area contributed by atoms with Gasteiger partial charge in [-0.15, -0.1) is 0 Å². The molecule has 330 valence electrons. The third kappa shape index (κ3) is 12.9. The van der Waals surface area contributed by atoms with Crippen LogP contribution in [0.1, 0.15) is 120 Å². The van der Waals surface area contributed by atoms with Crippen molar-refractivity contribution >= 4 is 35.2 Å². The number of anilines is 3. The number of primary amides is 1. The lowest BCUT2D eigenvalue weighted by atomic mass is 10.0. The Morgan fingerprint density at radius 3 is 1.10 bits per heavy atom. The van der Waals surface area contributed by atoms with E-state index in [0.717, 1.165) is 16.7 Å². The Balaban J connectivity index is 0.000000207. The largest absolute Gasteiger partial charge is 0.477 e. The van der Waals surface area contributed by atoms with Crippen LogP contribution in [-0.4, -0.2) is 67.7 Å². The molecule has 0 aliphatic carbocycles. The van der Waals surface area contributed by atoms with Crippen LogP contribution in [0.15, 0.2) is 55.4 Å². The van der Waals surface area contributed by atoms with Crippen LogP contribution in [0.2, 0.25) is 0 Å². The van der Waals surface area contributed by atoms with Gasteiger partial charge in [-0.2, -0.15) is 0 Å². The van der Waals surface area contributed by atoms with E-state index in [9.17, 15) is 9.59 Å². The Labute approximate surface area is 363 Å². The predicted octanol–water partition coefficient (Wildman–Crippen LogP) is 6.11. The number of nitrogen functional groups attached to an aromatic ring is 4. The number of hydrogen-bond donors (Lipinski definition) is 7. The van der Waals surface area contributed by atoms with Crippen molar-refractivity contribution < 1.29 is 28.9 Å². The fraction of sp³-hybridized carbons (Fsp3) is 0.286. The number of amidine groups is 1. The van der Waals surface area contributed by atoms with Crippen molar-refractivity contribution in [2.45, 2.75) is 80.1 Å². The number of pyridine rings is 3. The van der Waals surface area contributed by atoms with Crippen molar-refractivity contribution in [2.24, 2.45) is 11.5 Å². The summed E-state index contributed by atoms with van der Waals surface area (Å²) in [5.41, 5.74) is 31.0. The summed E-state index contributed by atoms with van der Waals surface area (Å²) in [6.07, 6.45) is 9.20. The van der Waals surface area contributed by atoms with Gasteiger partial charge in [0.15, 0.2) is 40.4 Å². The number of nitrogens with zero attached hydrogens (tertiary/aromatic N) is 9. The van der Waals surface area contributed by atoms with Gasteiger partial charge in [-0.3, -0.25) is 20.2 Å². The maximum Gasteiger partial charge on any atom is 0.354 e. The molecule has 1 amide bonds. The normalized spacial score (nSPS) is 10.7. The number of hydrogen-bond acceptors (Lipinski definition) is 18. The Kier molecular flexibility index (Phi) is 15.8. The molecule has 6 rings (SSSR count). The fourth-order valence-electron chi connectivity index (χ4n) is 5.33. The zero-order chi connectivity index (χ0) is 46.7. The minimum atomic E-state index is -1.12. The first-order valence-electron chi connectivity index (χ1n) is 19.3. The SMILES string of the molecule is Cc1ncc(Oc2cc(C(=N)N)ncc2C(C)C)c(N)n1.Cc1ncc(Oc2cc(C(=O)O)ncc2C(C)C)c(N)n1.Cc1ncc(Oc2cc(C(N)=O)ncc2C(C)C)c(N)n1. The van der Waals surface area contributed by atoms with Crippen LogP contribution >= 0.6 is 0 Å². The quantitative estimate of drug-likeness (QED) is 0.0538. The Bertz CT molecular complexity index is 2340. The number of carboxylic acids is 1. The molecule has 21 nitrogen and oxygen atoms in total. The lowest BCUT2D eigenvalue weighted by Gasteiger charge is -2.15. The highest BCUT2D eigenvalue weighted by molar-refractivity contribution is 5.93. The second-order valence-electron chi connectivity index (χ2n) is 14.7. The number of aromatic nitrogens is 9. The first-order chi connectivity index (χ1) is 29.6. The molecular weight excluding hydrogens is 811 g/mol. The van der Waals surface area contributed by atoms with E-state index >= 15 is 0 Å². The van der Waals surface area contributed by atoms with Crippen LogP contribution in [-0.2, 0) is 0 Å². The lowest BCUT2D eigenvalue weighted by Crippen LogP contribution is -2.14. The maximum atomic E-state index is 11.3. The Hall–Kier alpha value is -8.10. The van der Waals surface area contributed by atoms with Gasteiger partial charge in [0.2, 0.25) is 0 Å². The van der Waals surface area contributed by atoms with Crippen LogP contribution in [0.25, 0.3) is 0 Å². The number of aromatic carboxylic acids is 1. The molecule has 0 bridgehead atoms. The molecule has 6 aromatic heterocycles. The van der Waals surface area contributed by atoms with Gasteiger partial charge in [-0.1, -0.05) is 41.5 Å². The third-order valence-corrected chi connectivity index (χ3v) is 8.67. The minimum Gasteiger partial charge on any atom is -0.477 e. The summed E-state index contributed by atoms with van der Waals surface area (Å²) in [4.78, 5) is 58.6. The average Bonchev–Trinajstić information content (AvgIpc) is 3.21. The highest BCUT2D eigenvalue weighted by atomic mass is 16.5. The molecule has 12 N–H and O–H groups in total. The number of carbonyl (C=O) groups excluding carboxylic acids is 1. The van der Waals surface area contributed by atoms with E-state index in [0.29, 0.717) is 51.9 Å². The molecule has 0 fully saturated rings. The molecule has 0 aliphatic heterocycles. The van der Waals surface area contributed by atoms with Gasteiger partial charge < -0.3 is 48.0 Å². The molecule has 6 aromatic rings. The molecule has 0 atom stereocenters. The number of aryl methyl sites for hydroxylation is 3. The summed E-state index contributed by atoms with van der Waals surface area (Å²) in [5, 5.41) is 16.5. The van der Waals surface area contributed by atoms with Gasteiger partial charge in [0, 0.05) is 53.5 Å². The predicted molar refractivity (Wildman–Crippen MR) is 235 cm³/mol. The molecule has 0 aliphatic rings. The minimum absolute atomic E-state index is 0.0963. The number of carbonyl (C=O) groups is 2. The second-order valence-corrected chi connectivity index (χ2v) is 14.7. The number of nitrogens with two attached hydrogens (primary N) is 5. The topological polar surface area (TPSA) is 352 Å². The van der Waals surface area contributed by atoms with Crippen molar-refractivity contribution in [2.75, 3.05) is 17.2 Å². The number of carboxylic acid groups (broad SMARTS) is 1. The van der Waals surface area contributed by atoms with E-state index in [1.165, 1.54) is 36.9 Å². The number of ether oxygens (including phenoxy) is 3. The van der Waals surface area contributed by atoms with Gasteiger partial charge in [-0.25, -0.2) is 39.7 Å².